The SMILES string of the molecule is COc1cc(NC(=O)c2ccc3c(c2)NCC3)ccc1Br. The maximum atomic E-state index is 12.3. The first kappa shape index (κ1) is 13.9. The van der Waals surface area contributed by atoms with Crippen molar-refractivity contribution in [2.24, 2.45) is 0 Å². The van der Waals surface area contributed by atoms with Crippen LogP contribution in [0.3, 0.4) is 0 Å². The van der Waals surface area contributed by atoms with E-state index >= 15 is 0 Å². The fraction of sp³-hybridized carbons (Fsp3) is 0.188. The zero-order chi connectivity index (χ0) is 14.8. The molecule has 1 amide bonds. The molecule has 2 aromatic rings. The van der Waals surface area contributed by atoms with Gasteiger partial charge in [0.05, 0.1) is 11.6 Å². The van der Waals surface area contributed by atoms with Crippen LogP contribution in [-0.2, 0) is 6.42 Å². The van der Waals surface area contributed by atoms with Crippen LogP contribution in [0.4, 0.5) is 11.4 Å². The minimum atomic E-state index is -0.129. The molecule has 1 aliphatic heterocycles. The summed E-state index contributed by atoms with van der Waals surface area (Å²) in [4.78, 5) is 12.3. The number of anilines is 2. The monoisotopic (exact) mass is 346 g/mol. The van der Waals surface area contributed by atoms with Gasteiger partial charge in [-0.1, -0.05) is 6.07 Å². The van der Waals surface area contributed by atoms with E-state index < -0.39 is 0 Å². The Morgan fingerprint density at radius 3 is 2.95 bits per heavy atom. The van der Waals surface area contributed by atoms with Crippen LogP contribution in [-0.4, -0.2) is 19.6 Å². The van der Waals surface area contributed by atoms with Crippen molar-refractivity contribution in [1.29, 1.82) is 0 Å². The van der Waals surface area contributed by atoms with Gasteiger partial charge in [0, 0.05) is 29.5 Å². The highest BCUT2D eigenvalue weighted by atomic mass is 79.9. The van der Waals surface area contributed by atoms with E-state index in [1.165, 1.54) is 5.56 Å². The van der Waals surface area contributed by atoms with Crippen LogP contribution in [0.5, 0.6) is 5.75 Å². The predicted molar refractivity (Wildman–Crippen MR) is 87.3 cm³/mol. The summed E-state index contributed by atoms with van der Waals surface area (Å²) in [7, 11) is 1.60. The molecule has 21 heavy (non-hydrogen) atoms. The standard InChI is InChI=1S/C16H15BrN2O2/c1-21-15-9-12(4-5-13(15)17)19-16(20)11-3-2-10-6-7-18-14(10)8-11/h2-5,8-9,18H,6-7H2,1H3,(H,19,20). The molecule has 0 aromatic heterocycles. The van der Waals surface area contributed by atoms with Crippen LogP contribution in [0, 0.1) is 0 Å². The number of benzene rings is 2. The van der Waals surface area contributed by atoms with E-state index in [-0.39, 0.29) is 5.91 Å². The third-order valence-corrected chi connectivity index (χ3v) is 4.15. The lowest BCUT2D eigenvalue weighted by atomic mass is 10.1. The summed E-state index contributed by atoms with van der Waals surface area (Å²) in [6.45, 7) is 0.935. The Balaban J connectivity index is 1.80. The molecular formula is C16H15BrN2O2. The maximum absolute atomic E-state index is 12.3. The molecule has 3 rings (SSSR count). The summed E-state index contributed by atoms with van der Waals surface area (Å²) in [5.41, 5.74) is 3.66. The number of halogens is 1. The van der Waals surface area contributed by atoms with E-state index in [9.17, 15) is 4.79 Å². The Bertz CT molecular complexity index is 701. The van der Waals surface area contributed by atoms with Crippen LogP contribution in [0.25, 0.3) is 0 Å². The Morgan fingerprint density at radius 2 is 2.14 bits per heavy atom. The van der Waals surface area contributed by atoms with Crippen molar-refractivity contribution in [2.45, 2.75) is 6.42 Å². The number of hydrogen-bond donors (Lipinski definition) is 2. The molecule has 2 N–H and O–H groups in total. The van der Waals surface area contributed by atoms with Crippen LogP contribution in [0.2, 0.25) is 0 Å². The molecule has 5 heteroatoms. The van der Waals surface area contributed by atoms with Crippen LogP contribution < -0.4 is 15.4 Å². The van der Waals surface area contributed by atoms with Gasteiger partial charge < -0.3 is 15.4 Å². The number of ether oxygens (including phenoxy) is 1. The zero-order valence-electron chi connectivity index (χ0n) is 11.6. The number of carbonyl (C=O) groups excluding carboxylic acids is 1. The van der Waals surface area contributed by atoms with Crippen molar-refractivity contribution < 1.29 is 9.53 Å². The van der Waals surface area contributed by atoms with Gasteiger partial charge >= 0.3 is 0 Å². The molecule has 108 valence electrons. The summed E-state index contributed by atoms with van der Waals surface area (Å²) in [5.74, 6) is 0.555. The highest BCUT2D eigenvalue weighted by Gasteiger charge is 2.14. The van der Waals surface area contributed by atoms with Crippen molar-refractivity contribution >= 4 is 33.2 Å². The van der Waals surface area contributed by atoms with Crippen LogP contribution >= 0.6 is 15.9 Å². The normalized spacial score (nSPS) is 12.5. The molecule has 1 heterocycles. The topological polar surface area (TPSA) is 50.4 Å². The molecule has 0 fully saturated rings. The second kappa shape index (κ2) is 5.77. The largest absolute Gasteiger partial charge is 0.495 e. The lowest BCUT2D eigenvalue weighted by molar-refractivity contribution is 0.102. The molecule has 1 aliphatic rings. The van der Waals surface area contributed by atoms with Crippen LogP contribution in [0.1, 0.15) is 15.9 Å². The molecule has 2 aromatic carbocycles. The number of methoxy groups -OCH3 is 1. The highest BCUT2D eigenvalue weighted by molar-refractivity contribution is 9.10. The number of nitrogens with one attached hydrogen (secondary N) is 2. The lowest BCUT2D eigenvalue weighted by Gasteiger charge is -2.09. The van der Waals surface area contributed by atoms with Gasteiger partial charge in [-0.05, 0) is 52.2 Å². The van der Waals surface area contributed by atoms with Crippen molar-refractivity contribution in [3.8, 4) is 5.75 Å². The number of rotatable bonds is 3. The van der Waals surface area contributed by atoms with Gasteiger partial charge in [-0.15, -0.1) is 0 Å². The molecule has 0 unspecified atom stereocenters. The number of amides is 1. The van der Waals surface area contributed by atoms with Gasteiger partial charge in [0.2, 0.25) is 0 Å². The highest BCUT2D eigenvalue weighted by Crippen LogP contribution is 2.28. The number of carbonyl (C=O) groups is 1. The summed E-state index contributed by atoms with van der Waals surface area (Å²) in [6, 6.07) is 11.2. The van der Waals surface area contributed by atoms with Crippen LogP contribution in [0.15, 0.2) is 40.9 Å². The lowest BCUT2D eigenvalue weighted by Crippen LogP contribution is -2.12. The molecular weight excluding hydrogens is 332 g/mol. The van der Waals surface area contributed by atoms with Crippen molar-refractivity contribution in [2.75, 3.05) is 24.3 Å². The minimum absolute atomic E-state index is 0.129. The fourth-order valence-corrected chi connectivity index (χ4v) is 2.78. The molecule has 0 atom stereocenters. The minimum Gasteiger partial charge on any atom is -0.495 e. The van der Waals surface area contributed by atoms with Crippen molar-refractivity contribution in [3.05, 3.63) is 52.0 Å². The first-order chi connectivity index (χ1) is 10.2. The fourth-order valence-electron chi connectivity index (χ4n) is 2.37. The number of hydrogen-bond acceptors (Lipinski definition) is 3. The first-order valence-corrected chi connectivity index (χ1v) is 7.48. The average molecular weight is 347 g/mol. The number of fused-ring (bicyclic) bond motifs is 1. The Hall–Kier alpha value is -2.01. The average Bonchev–Trinajstić information content (AvgIpc) is 2.96. The third-order valence-electron chi connectivity index (χ3n) is 3.49. The predicted octanol–water partition coefficient (Wildman–Crippen LogP) is 3.68. The van der Waals surface area contributed by atoms with Gasteiger partial charge in [0.15, 0.2) is 0 Å². The Kier molecular flexibility index (Phi) is 3.84. The third kappa shape index (κ3) is 2.88. The van der Waals surface area contributed by atoms with E-state index in [1.54, 1.807) is 13.2 Å². The van der Waals surface area contributed by atoms with Gasteiger partial charge in [-0.2, -0.15) is 0 Å². The molecule has 0 saturated heterocycles. The smallest absolute Gasteiger partial charge is 0.255 e. The molecule has 0 aliphatic carbocycles. The van der Waals surface area contributed by atoms with E-state index in [0.717, 1.165) is 23.1 Å². The van der Waals surface area contributed by atoms with E-state index in [1.807, 2.05) is 30.3 Å². The molecule has 0 bridgehead atoms. The zero-order valence-corrected chi connectivity index (χ0v) is 13.2. The summed E-state index contributed by atoms with van der Waals surface area (Å²) in [5, 5.41) is 6.16. The summed E-state index contributed by atoms with van der Waals surface area (Å²) >= 11 is 3.39. The van der Waals surface area contributed by atoms with E-state index in [0.29, 0.717) is 17.0 Å². The molecule has 0 saturated carbocycles. The van der Waals surface area contributed by atoms with E-state index in [2.05, 4.69) is 26.6 Å². The molecule has 4 nitrogen and oxygen atoms in total. The maximum Gasteiger partial charge on any atom is 0.255 e. The quantitative estimate of drug-likeness (QED) is 0.891. The second-order valence-corrected chi connectivity index (χ2v) is 5.71. The molecule has 0 spiro atoms. The van der Waals surface area contributed by atoms with Crippen molar-refractivity contribution in [3.63, 3.8) is 0 Å². The van der Waals surface area contributed by atoms with Gasteiger partial charge in [0.25, 0.3) is 5.91 Å². The van der Waals surface area contributed by atoms with Gasteiger partial charge in [0.1, 0.15) is 5.75 Å². The second-order valence-electron chi connectivity index (χ2n) is 4.85. The van der Waals surface area contributed by atoms with E-state index in [4.69, 9.17) is 4.74 Å². The Labute approximate surface area is 131 Å². The van der Waals surface area contributed by atoms with Gasteiger partial charge in [-0.3, -0.25) is 4.79 Å². The molecule has 0 radical (unpaired) electrons. The van der Waals surface area contributed by atoms with Crippen molar-refractivity contribution in [1.82, 2.24) is 0 Å². The Morgan fingerprint density at radius 1 is 1.29 bits per heavy atom. The summed E-state index contributed by atoms with van der Waals surface area (Å²) < 4.78 is 6.08. The van der Waals surface area contributed by atoms with Gasteiger partial charge in [-0.25, -0.2) is 0 Å². The summed E-state index contributed by atoms with van der Waals surface area (Å²) in [6.07, 6.45) is 1.02. The first-order valence-electron chi connectivity index (χ1n) is 6.69.